The third-order valence-corrected chi connectivity index (χ3v) is 4.51. The molecule has 2 saturated heterocycles. The number of rotatable bonds is 1. The van der Waals surface area contributed by atoms with Gasteiger partial charge in [-0.15, -0.1) is 0 Å². The highest BCUT2D eigenvalue weighted by atomic mass is 32.2. The van der Waals surface area contributed by atoms with Crippen molar-refractivity contribution in [2.24, 2.45) is 0 Å². The van der Waals surface area contributed by atoms with Crippen LogP contribution in [0.3, 0.4) is 0 Å². The standard InChI is InChI=1S/C11H19N3O2S/c1-13(9-2-7-17-8-9)10(15)11(16)14-5-3-12-4-6-14/h9,12H,2-8H2,1H3. The maximum Gasteiger partial charge on any atom is 0.312 e. The zero-order valence-corrected chi connectivity index (χ0v) is 11.0. The molecule has 5 nitrogen and oxygen atoms in total. The summed E-state index contributed by atoms with van der Waals surface area (Å²) in [7, 11) is 1.75. The molecular weight excluding hydrogens is 238 g/mol. The lowest BCUT2D eigenvalue weighted by Crippen LogP contribution is -2.53. The first-order chi connectivity index (χ1) is 8.20. The van der Waals surface area contributed by atoms with Crippen LogP contribution in [-0.4, -0.2) is 72.4 Å². The van der Waals surface area contributed by atoms with Crippen molar-refractivity contribution in [1.29, 1.82) is 0 Å². The lowest BCUT2D eigenvalue weighted by Gasteiger charge is -2.30. The SMILES string of the molecule is CN(C(=O)C(=O)N1CCNCC1)C1CCSC1. The molecule has 1 unspecified atom stereocenters. The molecule has 2 amide bonds. The fourth-order valence-electron chi connectivity index (χ4n) is 2.15. The average molecular weight is 257 g/mol. The molecule has 2 aliphatic rings. The van der Waals surface area contributed by atoms with E-state index in [0.29, 0.717) is 13.1 Å². The first kappa shape index (κ1) is 12.7. The number of likely N-dealkylation sites (N-methyl/N-ethyl adjacent to an activating group) is 1. The number of amides is 2. The third-order valence-electron chi connectivity index (χ3n) is 3.36. The van der Waals surface area contributed by atoms with E-state index in [2.05, 4.69) is 5.32 Å². The summed E-state index contributed by atoms with van der Waals surface area (Å²) in [6, 6.07) is 0.236. The molecule has 0 radical (unpaired) electrons. The number of nitrogens with one attached hydrogen (secondary N) is 1. The fraction of sp³-hybridized carbons (Fsp3) is 0.818. The first-order valence-corrected chi connectivity index (χ1v) is 7.20. The van der Waals surface area contributed by atoms with E-state index < -0.39 is 0 Å². The van der Waals surface area contributed by atoms with Crippen molar-refractivity contribution in [1.82, 2.24) is 15.1 Å². The van der Waals surface area contributed by atoms with E-state index in [1.54, 1.807) is 16.8 Å². The molecule has 2 heterocycles. The van der Waals surface area contributed by atoms with Gasteiger partial charge >= 0.3 is 11.8 Å². The van der Waals surface area contributed by atoms with Crippen molar-refractivity contribution in [3.63, 3.8) is 0 Å². The summed E-state index contributed by atoms with van der Waals surface area (Å²) < 4.78 is 0. The van der Waals surface area contributed by atoms with E-state index in [1.165, 1.54) is 0 Å². The quantitative estimate of drug-likeness (QED) is 0.636. The van der Waals surface area contributed by atoms with Crippen LogP contribution >= 0.6 is 11.8 Å². The van der Waals surface area contributed by atoms with Crippen molar-refractivity contribution < 1.29 is 9.59 Å². The Kier molecular flexibility index (Phi) is 4.28. The summed E-state index contributed by atoms with van der Waals surface area (Å²) in [5.41, 5.74) is 0. The molecule has 6 heteroatoms. The van der Waals surface area contributed by atoms with Crippen LogP contribution in [0.2, 0.25) is 0 Å². The van der Waals surface area contributed by atoms with Gasteiger partial charge in [-0.3, -0.25) is 9.59 Å². The molecule has 0 aromatic rings. The predicted octanol–water partition coefficient (Wildman–Crippen LogP) is -0.618. The zero-order chi connectivity index (χ0) is 12.3. The number of piperazine rings is 1. The number of hydrogen-bond acceptors (Lipinski definition) is 4. The third kappa shape index (κ3) is 2.93. The predicted molar refractivity (Wildman–Crippen MR) is 67.9 cm³/mol. The van der Waals surface area contributed by atoms with Crippen LogP contribution in [0.4, 0.5) is 0 Å². The molecular formula is C11H19N3O2S. The highest BCUT2D eigenvalue weighted by molar-refractivity contribution is 7.99. The maximum absolute atomic E-state index is 12.0. The Morgan fingerprint density at radius 1 is 1.35 bits per heavy atom. The van der Waals surface area contributed by atoms with Crippen molar-refractivity contribution >= 4 is 23.6 Å². The summed E-state index contributed by atoms with van der Waals surface area (Å²) in [4.78, 5) is 27.3. The Hall–Kier alpha value is -0.750. The second-order valence-electron chi connectivity index (χ2n) is 4.48. The average Bonchev–Trinajstić information content (AvgIpc) is 2.91. The van der Waals surface area contributed by atoms with Crippen molar-refractivity contribution in [3.8, 4) is 0 Å². The van der Waals surface area contributed by atoms with E-state index in [-0.39, 0.29) is 17.9 Å². The van der Waals surface area contributed by atoms with Gasteiger partial charge in [0.05, 0.1) is 0 Å². The van der Waals surface area contributed by atoms with Crippen molar-refractivity contribution in [3.05, 3.63) is 0 Å². The largest absolute Gasteiger partial charge is 0.334 e. The number of carbonyl (C=O) groups is 2. The summed E-state index contributed by atoms with van der Waals surface area (Å²) >= 11 is 1.85. The Morgan fingerprint density at radius 2 is 2.06 bits per heavy atom. The van der Waals surface area contributed by atoms with Gasteiger partial charge < -0.3 is 15.1 Å². The zero-order valence-electron chi connectivity index (χ0n) is 10.1. The van der Waals surface area contributed by atoms with E-state index >= 15 is 0 Å². The number of hydrogen-bond donors (Lipinski definition) is 1. The Bertz CT molecular complexity index is 299. The lowest BCUT2D eigenvalue weighted by molar-refractivity contribution is -0.152. The summed E-state index contributed by atoms with van der Waals surface area (Å²) in [6.07, 6.45) is 1.00. The molecule has 0 spiro atoms. The van der Waals surface area contributed by atoms with Crippen molar-refractivity contribution in [2.75, 3.05) is 44.7 Å². The van der Waals surface area contributed by atoms with E-state index in [9.17, 15) is 9.59 Å². The highest BCUT2D eigenvalue weighted by Crippen LogP contribution is 2.21. The first-order valence-electron chi connectivity index (χ1n) is 6.04. The second kappa shape index (κ2) is 5.73. The van der Waals surface area contributed by atoms with Crippen LogP contribution in [0, 0.1) is 0 Å². The molecule has 0 bridgehead atoms. The van der Waals surface area contributed by atoms with Crippen LogP contribution in [0.5, 0.6) is 0 Å². The molecule has 2 rings (SSSR count). The second-order valence-corrected chi connectivity index (χ2v) is 5.63. The number of nitrogens with zero attached hydrogens (tertiary/aromatic N) is 2. The van der Waals surface area contributed by atoms with Gasteiger partial charge in [-0.05, 0) is 12.2 Å². The molecule has 17 heavy (non-hydrogen) atoms. The van der Waals surface area contributed by atoms with Crippen LogP contribution in [-0.2, 0) is 9.59 Å². The Balaban J connectivity index is 1.91. The van der Waals surface area contributed by atoms with E-state index in [1.807, 2.05) is 11.8 Å². The minimum Gasteiger partial charge on any atom is -0.334 e. The topological polar surface area (TPSA) is 52.7 Å². The lowest BCUT2D eigenvalue weighted by atomic mass is 10.2. The molecule has 0 aromatic heterocycles. The van der Waals surface area contributed by atoms with Gasteiger partial charge in [0.25, 0.3) is 0 Å². The van der Waals surface area contributed by atoms with Crippen LogP contribution in [0.15, 0.2) is 0 Å². The maximum atomic E-state index is 12.0. The van der Waals surface area contributed by atoms with E-state index in [4.69, 9.17) is 0 Å². The van der Waals surface area contributed by atoms with Gasteiger partial charge in [-0.2, -0.15) is 11.8 Å². The van der Waals surface area contributed by atoms with Gasteiger partial charge in [-0.25, -0.2) is 0 Å². The number of thioether (sulfide) groups is 1. The molecule has 0 saturated carbocycles. The van der Waals surface area contributed by atoms with Gasteiger partial charge in [0.15, 0.2) is 0 Å². The molecule has 1 N–H and O–H groups in total. The monoisotopic (exact) mass is 257 g/mol. The fourth-order valence-corrected chi connectivity index (χ4v) is 3.42. The molecule has 2 aliphatic heterocycles. The van der Waals surface area contributed by atoms with Gasteiger partial charge in [0.1, 0.15) is 0 Å². The Labute approximate surface area is 106 Å². The molecule has 0 aliphatic carbocycles. The summed E-state index contributed by atoms with van der Waals surface area (Å²) in [6.45, 7) is 2.83. The smallest absolute Gasteiger partial charge is 0.312 e. The van der Waals surface area contributed by atoms with Crippen molar-refractivity contribution in [2.45, 2.75) is 12.5 Å². The van der Waals surface area contributed by atoms with Crippen LogP contribution in [0.25, 0.3) is 0 Å². The minimum absolute atomic E-state index is 0.236. The van der Waals surface area contributed by atoms with Crippen LogP contribution in [0.1, 0.15) is 6.42 Å². The highest BCUT2D eigenvalue weighted by Gasteiger charge is 2.31. The van der Waals surface area contributed by atoms with E-state index in [0.717, 1.165) is 31.0 Å². The van der Waals surface area contributed by atoms with Gasteiger partial charge in [-0.1, -0.05) is 0 Å². The molecule has 0 aromatic carbocycles. The summed E-state index contributed by atoms with van der Waals surface area (Å²) in [5.74, 6) is 1.35. The summed E-state index contributed by atoms with van der Waals surface area (Å²) in [5, 5.41) is 3.17. The Morgan fingerprint density at radius 3 is 2.65 bits per heavy atom. The molecule has 1 atom stereocenters. The normalized spacial score (nSPS) is 24.8. The number of carbonyl (C=O) groups excluding carboxylic acids is 2. The molecule has 2 fully saturated rings. The minimum atomic E-state index is -0.348. The molecule has 96 valence electrons. The van der Waals surface area contributed by atoms with Crippen LogP contribution < -0.4 is 5.32 Å². The van der Waals surface area contributed by atoms with Gasteiger partial charge in [0.2, 0.25) is 0 Å². The van der Waals surface area contributed by atoms with Gasteiger partial charge in [0, 0.05) is 45.0 Å².